The molecule has 178 valence electrons. The minimum Gasteiger partial charge on any atom is -0.309 e. The molecule has 0 radical (unpaired) electrons. The molecule has 5 aromatic carbocycles. The second-order valence-electron chi connectivity index (χ2n) is 9.69. The zero-order chi connectivity index (χ0) is 25.1. The largest absolute Gasteiger partial charge is 0.309 e. The second kappa shape index (κ2) is 8.19. The summed E-state index contributed by atoms with van der Waals surface area (Å²) in [5.41, 5.74) is 9.52. The van der Waals surface area contributed by atoms with Gasteiger partial charge in [0.2, 0.25) is 0 Å². The summed E-state index contributed by atoms with van der Waals surface area (Å²) in [5, 5.41) is 4.88. The molecule has 3 heterocycles. The van der Waals surface area contributed by atoms with Gasteiger partial charge in [0.05, 0.1) is 22.1 Å². The van der Waals surface area contributed by atoms with Crippen LogP contribution in [-0.4, -0.2) is 14.1 Å². The highest BCUT2D eigenvalue weighted by atomic mass is 15.0. The average molecular weight is 486 g/mol. The van der Waals surface area contributed by atoms with E-state index >= 15 is 0 Å². The van der Waals surface area contributed by atoms with Crippen LogP contribution < -0.4 is 0 Å². The molecule has 0 amide bonds. The van der Waals surface area contributed by atoms with Crippen LogP contribution in [-0.2, 0) is 0 Å². The van der Waals surface area contributed by atoms with Gasteiger partial charge in [-0.2, -0.15) is 0 Å². The molecular weight excluding hydrogens is 462 g/mol. The Morgan fingerprint density at radius 1 is 0.447 bits per heavy atom. The molecule has 3 aromatic heterocycles. The van der Waals surface area contributed by atoms with Crippen LogP contribution in [0.15, 0.2) is 140 Å². The van der Waals surface area contributed by atoms with E-state index in [-0.39, 0.29) is 0 Å². The molecule has 0 unspecified atom stereocenters. The fraction of sp³-hybridized carbons (Fsp3) is 0. The van der Waals surface area contributed by atoms with Crippen molar-refractivity contribution in [2.75, 3.05) is 0 Å². The van der Waals surface area contributed by atoms with E-state index < -0.39 is 0 Å². The Labute approximate surface area is 219 Å². The Balaban J connectivity index is 1.46. The van der Waals surface area contributed by atoms with Crippen LogP contribution in [0.1, 0.15) is 0 Å². The molecule has 0 saturated carbocycles. The lowest BCUT2D eigenvalue weighted by Crippen LogP contribution is -1.95. The third-order valence-electron chi connectivity index (χ3n) is 7.60. The van der Waals surface area contributed by atoms with Gasteiger partial charge in [-0.25, -0.2) is 0 Å². The van der Waals surface area contributed by atoms with Crippen LogP contribution >= 0.6 is 0 Å². The molecule has 0 fully saturated rings. The predicted octanol–water partition coefficient (Wildman–Crippen LogP) is 8.94. The standard InChI is InChI=1S/C35H23N3/c1-3-10-25(11-4-1)37-32-17-8-7-14-28(32)30-22-24(18-19-33(30)37)27-15-9-16-29-31-23-36-21-20-34(31)38(35(27)29)26-12-5-2-6-13-26/h1-23H. The minimum absolute atomic E-state index is 1.15. The van der Waals surface area contributed by atoms with Gasteiger partial charge in [-0.15, -0.1) is 0 Å². The van der Waals surface area contributed by atoms with Crippen molar-refractivity contribution in [3.63, 3.8) is 0 Å². The molecule has 0 spiro atoms. The molecule has 0 aliphatic carbocycles. The summed E-state index contributed by atoms with van der Waals surface area (Å²) in [6.07, 6.45) is 3.86. The van der Waals surface area contributed by atoms with Gasteiger partial charge >= 0.3 is 0 Å². The molecule has 0 aliphatic heterocycles. The smallest absolute Gasteiger partial charge is 0.0620 e. The molecule has 8 rings (SSSR count). The fourth-order valence-electron chi connectivity index (χ4n) is 5.99. The van der Waals surface area contributed by atoms with Crippen LogP contribution in [0.5, 0.6) is 0 Å². The van der Waals surface area contributed by atoms with E-state index in [1.807, 2.05) is 12.4 Å². The van der Waals surface area contributed by atoms with Gasteiger partial charge in [0.15, 0.2) is 0 Å². The van der Waals surface area contributed by atoms with E-state index in [1.165, 1.54) is 49.5 Å². The monoisotopic (exact) mass is 485 g/mol. The average Bonchev–Trinajstić information content (AvgIpc) is 3.51. The molecule has 0 bridgehead atoms. The number of para-hydroxylation sites is 4. The highest BCUT2D eigenvalue weighted by molar-refractivity contribution is 6.15. The van der Waals surface area contributed by atoms with Crippen molar-refractivity contribution in [2.24, 2.45) is 0 Å². The molecule has 3 nitrogen and oxygen atoms in total. The van der Waals surface area contributed by atoms with Gasteiger partial charge < -0.3 is 9.13 Å². The number of aromatic nitrogens is 3. The molecule has 0 N–H and O–H groups in total. The third-order valence-corrected chi connectivity index (χ3v) is 7.60. The van der Waals surface area contributed by atoms with Crippen LogP contribution in [0.2, 0.25) is 0 Å². The Kier molecular flexibility index (Phi) is 4.52. The van der Waals surface area contributed by atoms with Crippen LogP contribution in [0.25, 0.3) is 66.1 Å². The maximum atomic E-state index is 4.46. The molecule has 3 heteroatoms. The van der Waals surface area contributed by atoms with Gasteiger partial charge in [0.25, 0.3) is 0 Å². The Morgan fingerprint density at radius 3 is 1.92 bits per heavy atom. The quantitative estimate of drug-likeness (QED) is 0.245. The van der Waals surface area contributed by atoms with Gasteiger partial charge in [0, 0.05) is 50.9 Å². The number of fused-ring (bicyclic) bond motifs is 6. The van der Waals surface area contributed by atoms with E-state index in [2.05, 4.69) is 142 Å². The Bertz CT molecular complexity index is 2120. The molecule has 38 heavy (non-hydrogen) atoms. The number of nitrogens with zero attached hydrogens (tertiary/aromatic N) is 3. The Hall–Kier alpha value is -5.15. The summed E-state index contributed by atoms with van der Waals surface area (Å²) in [5.74, 6) is 0. The molecule has 0 aliphatic rings. The SMILES string of the molecule is c1ccc(-n2c3ccccc3c3cc(-c4cccc5c6cnccc6n(-c6ccccc6)c45)ccc32)cc1. The van der Waals surface area contributed by atoms with Crippen molar-refractivity contribution >= 4 is 43.6 Å². The first-order valence-electron chi connectivity index (χ1n) is 12.9. The Morgan fingerprint density at radius 2 is 1.11 bits per heavy atom. The van der Waals surface area contributed by atoms with Crippen molar-refractivity contribution in [3.8, 4) is 22.5 Å². The van der Waals surface area contributed by atoms with Crippen LogP contribution in [0.4, 0.5) is 0 Å². The lowest BCUT2D eigenvalue weighted by molar-refractivity contribution is 1.17. The maximum absolute atomic E-state index is 4.46. The number of rotatable bonds is 3. The van der Waals surface area contributed by atoms with Crippen molar-refractivity contribution < 1.29 is 0 Å². The summed E-state index contributed by atoms with van der Waals surface area (Å²) in [4.78, 5) is 4.46. The topological polar surface area (TPSA) is 22.8 Å². The summed E-state index contributed by atoms with van der Waals surface area (Å²) in [6, 6.07) is 45.5. The minimum atomic E-state index is 1.15. The fourth-order valence-corrected chi connectivity index (χ4v) is 5.99. The van der Waals surface area contributed by atoms with Crippen LogP contribution in [0, 0.1) is 0 Å². The first-order valence-corrected chi connectivity index (χ1v) is 12.9. The predicted molar refractivity (Wildman–Crippen MR) is 158 cm³/mol. The lowest BCUT2D eigenvalue weighted by Gasteiger charge is -2.12. The second-order valence-corrected chi connectivity index (χ2v) is 9.69. The summed E-state index contributed by atoms with van der Waals surface area (Å²) in [6.45, 7) is 0. The van der Waals surface area contributed by atoms with E-state index in [4.69, 9.17) is 0 Å². The first kappa shape index (κ1) is 21.0. The maximum Gasteiger partial charge on any atom is 0.0620 e. The van der Waals surface area contributed by atoms with Gasteiger partial charge in [-0.1, -0.05) is 78.9 Å². The molecular formula is C35H23N3. The van der Waals surface area contributed by atoms with Gasteiger partial charge in [-0.05, 0) is 54.1 Å². The zero-order valence-electron chi connectivity index (χ0n) is 20.6. The van der Waals surface area contributed by atoms with Crippen molar-refractivity contribution in [1.29, 1.82) is 0 Å². The van der Waals surface area contributed by atoms with Crippen molar-refractivity contribution in [2.45, 2.75) is 0 Å². The zero-order valence-corrected chi connectivity index (χ0v) is 20.6. The summed E-state index contributed by atoms with van der Waals surface area (Å²) < 4.78 is 4.74. The van der Waals surface area contributed by atoms with E-state index in [0.29, 0.717) is 0 Å². The number of benzene rings is 5. The highest BCUT2D eigenvalue weighted by Gasteiger charge is 2.18. The van der Waals surface area contributed by atoms with E-state index in [1.54, 1.807) is 0 Å². The van der Waals surface area contributed by atoms with E-state index in [9.17, 15) is 0 Å². The summed E-state index contributed by atoms with van der Waals surface area (Å²) >= 11 is 0. The van der Waals surface area contributed by atoms with E-state index in [0.717, 1.165) is 16.6 Å². The number of hydrogen-bond acceptors (Lipinski definition) is 1. The molecule has 8 aromatic rings. The highest BCUT2D eigenvalue weighted by Crippen LogP contribution is 2.40. The normalized spacial score (nSPS) is 11.7. The van der Waals surface area contributed by atoms with Crippen molar-refractivity contribution in [1.82, 2.24) is 14.1 Å². The number of hydrogen-bond donors (Lipinski definition) is 0. The first-order chi connectivity index (χ1) is 18.9. The van der Waals surface area contributed by atoms with Crippen molar-refractivity contribution in [3.05, 3.63) is 140 Å². The molecule has 0 atom stereocenters. The van der Waals surface area contributed by atoms with Crippen LogP contribution in [0.3, 0.4) is 0 Å². The third kappa shape index (κ3) is 2.99. The number of pyridine rings is 1. The summed E-state index contributed by atoms with van der Waals surface area (Å²) in [7, 11) is 0. The molecule has 0 saturated heterocycles. The van der Waals surface area contributed by atoms with Gasteiger partial charge in [0.1, 0.15) is 0 Å². The lowest BCUT2D eigenvalue weighted by atomic mass is 10.00. The van der Waals surface area contributed by atoms with Gasteiger partial charge in [-0.3, -0.25) is 4.98 Å².